The number of carbonyl (C=O) groups excluding carboxylic acids is 1. The van der Waals surface area contributed by atoms with E-state index in [1.807, 2.05) is 20.8 Å². The topological polar surface area (TPSA) is 126 Å². The van der Waals surface area contributed by atoms with Crippen LogP contribution in [0.3, 0.4) is 0 Å². The van der Waals surface area contributed by atoms with E-state index in [-0.39, 0.29) is 18.1 Å². The summed E-state index contributed by atoms with van der Waals surface area (Å²) in [4.78, 5) is 26.0. The van der Waals surface area contributed by atoms with Gasteiger partial charge in [-0.05, 0) is 52.4 Å². The number of aryl methyl sites for hydroxylation is 2. The van der Waals surface area contributed by atoms with E-state index in [4.69, 9.17) is 35.6 Å². The summed E-state index contributed by atoms with van der Waals surface area (Å²) in [5.41, 5.74) is 3.83. The number of aromatic nitrogens is 3. The Labute approximate surface area is 238 Å². The van der Waals surface area contributed by atoms with Gasteiger partial charge in [-0.1, -0.05) is 16.8 Å². The first-order valence-electron chi connectivity index (χ1n) is 13.3. The maximum Gasteiger partial charge on any atom is 0.409 e. The van der Waals surface area contributed by atoms with E-state index < -0.39 is 6.10 Å². The molecule has 0 aliphatic carbocycles. The van der Waals surface area contributed by atoms with Gasteiger partial charge in [0.2, 0.25) is 0 Å². The molecule has 40 heavy (non-hydrogen) atoms. The molecule has 2 saturated heterocycles. The predicted octanol–water partition coefficient (Wildman–Crippen LogP) is 3.61. The lowest BCUT2D eigenvalue weighted by Crippen LogP contribution is -2.58. The van der Waals surface area contributed by atoms with E-state index in [2.05, 4.69) is 15.4 Å². The van der Waals surface area contributed by atoms with Gasteiger partial charge in [0.05, 0.1) is 29.1 Å². The molecule has 2 aliphatic heterocycles. The molecule has 1 atom stereocenters. The summed E-state index contributed by atoms with van der Waals surface area (Å²) in [5, 5.41) is 17.6. The Hall–Kier alpha value is -3.41. The second kappa shape index (κ2) is 11.2. The van der Waals surface area contributed by atoms with Gasteiger partial charge in [0, 0.05) is 49.3 Å². The number of carbonyl (C=O) groups is 1. The highest BCUT2D eigenvalue weighted by Crippen LogP contribution is 2.44. The standard InChI is InChI=1S/C28H35ClN6O5/c1-16-24(23-17(2)33-40-18(23)3)31-25(21-10-20(6-7-22(21)29)39-12-19(36)11-30-4)32-26(16)35-14-28(15-35)8-9-34(13-28)27(37)38-5/h6-7,10,19,30,36H,8-9,11-15H2,1-5H3/t19-/m0/s1. The molecule has 0 radical (unpaired) electrons. The van der Waals surface area contributed by atoms with Gasteiger partial charge in [0.15, 0.2) is 5.82 Å². The van der Waals surface area contributed by atoms with Gasteiger partial charge >= 0.3 is 6.09 Å². The van der Waals surface area contributed by atoms with Crippen LogP contribution in [0.15, 0.2) is 22.7 Å². The summed E-state index contributed by atoms with van der Waals surface area (Å²) in [7, 11) is 3.19. The third-order valence-electron chi connectivity index (χ3n) is 7.67. The number of halogens is 1. The molecule has 1 aromatic carbocycles. The fraction of sp³-hybridized carbons (Fsp3) is 0.500. The van der Waals surface area contributed by atoms with Crippen LogP contribution in [-0.4, -0.2) is 90.8 Å². The van der Waals surface area contributed by atoms with Crippen molar-refractivity contribution in [3.8, 4) is 28.4 Å². The van der Waals surface area contributed by atoms with Crippen LogP contribution in [0.1, 0.15) is 23.4 Å². The molecule has 1 spiro atoms. The largest absolute Gasteiger partial charge is 0.491 e. The summed E-state index contributed by atoms with van der Waals surface area (Å²) in [6, 6.07) is 5.30. The highest BCUT2D eigenvalue weighted by Gasteiger charge is 2.50. The maximum atomic E-state index is 12.1. The zero-order valence-corrected chi connectivity index (χ0v) is 24.2. The smallest absolute Gasteiger partial charge is 0.409 e. The minimum Gasteiger partial charge on any atom is -0.491 e. The van der Waals surface area contributed by atoms with Crippen LogP contribution in [0.5, 0.6) is 5.75 Å². The number of anilines is 1. The van der Waals surface area contributed by atoms with E-state index in [9.17, 15) is 9.90 Å². The highest BCUT2D eigenvalue weighted by atomic mass is 35.5. The average molecular weight is 571 g/mol. The fourth-order valence-corrected chi connectivity index (χ4v) is 5.84. The Morgan fingerprint density at radius 2 is 2.02 bits per heavy atom. The van der Waals surface area contributed by atoms with Crippen LogP contribution in [0.4, 0.5) is 10.6 Å². The maximum absolute atomic E-state index is 12.1. The average Bonchev–Trinajstić information content (AvgIpc) is 3.51. The monoisotopic (exact) mass is 570 g/mol. The number of amides is 1. The van der Waals surface area contributed by atoms with Crippen molar-refractivity contribution in [1.82, 2.24) is 25.3 Å². The van der Waals surface area contributed by atoms with E-state index >= 15 is 0 Å². The first-order valence-corrected chi connectivity index (χ1v) is 13.7. The van der Waals surface area contributed by atoms with Crippen molar-refractivity contribution in [3.63, 3.8) is 0 Å². The summed E-state index contributed by atoms with van der Waals surface area (Å²) >= 11 is 6.67. The molecule has 2 aromatic heterocycles. The van der Waals surface area contributed by atoms with Crippen molar-refractivity contribution in [2.45, 2.75) is 33.3 Å². The van der Waals surface area contributed by atoms with Gasteiger partial charge in [0.25, 0.3) is 0 Å². The quantitative estimate of drug-likeness (QED) is 0.414. The molecule has 2 fully saturated rings. The molecule has 3 aromatic rings. The molecule has 4 heterocycles. The van der Waals surface area contributed by atoms with Gasteiger partial charge in [-0.15, -0.1) is 0 Å². The molecule has 214 valence electrons. The van der Waals surface area contributed by atoms with Gasteiger partial charge < -0.3 is 34.2 Å². The normalized spacial score (nSPS) is 16.8. The lowest BCUT2D eigenvalue weighted by Gasteiger charge is -2.49. The number of likely N-dealkylation sites (N-methyl/N-ethyl adjacent to an activating group) is 1. The number of likely N-dealkylation sites (tertiary alicyclic amines) is 1. The second-order valence-electron chi connectivity index (χ2n) is 10.7. The molecule has 12 heteroatoms. The van der Waals surface area contributed by atoms with Crippen molar-refractivity contribution in [2.24, 2.45) is 5.41 Å². The first kappa shape index (κ1) is 28.1. The Balaban J connectivity index is 1.51. The molecule has 1 amide bonds. The summed E-state index contributed by atoms with van der Waals surface area (Å²) < 4.78 is 16.2. The van der Waals surface area contributed by atoms with Crippen molar-refractivity contribution in [3.05, 3.63) is 40.2 Å². The molecule has 0 bridgehead atoms. The van der Waals surface area contributed by atoms with Gasteiger partial charge in [-0.25, -0.2) is 14.8 Å². The van der Waals surface area contributed by atoms with Crippen molar-refractivity contribution < 1.29 is 23.9 Å². The van der Waals surface area contributed by atoms with Crippen molar-refractivity contribution in [2.75, 3.05) is 58.4 Å². The van der Waals surface area contributed by atoms with Crippen molar-refractivity contribution >= 4 is 23.5 Å². The number of benzene rings is 1. The third kappa shape index (κ3) is 5.33. The molecular weight excluding hydrogens is 536 g/mol. The molecule has 0 unspecified atom stereocenters. The van der Waals surface area contributed by atoms with Crippen LogP contribution < -0.4 is 15.0 Å². The number of aliphatic hydroxyl groups is 1. The summed E-state index contributed by atoms with van der Waals surface area (Å²) in [6.07, 6.45) is -0.0228. The number of nitrogens with one attached hydrogen (secondary N) is 1. The summed E-state index contributed by atoms with van der Waals surface area (Å²) in [5.74, 6) is 2.47. The molecule has 11 nitrogen and oxygen atoms in total. The van der Waals surface area contributed by atoms with E-state index in [1.54, 1.807) is 30.1 Å². The van der Waals surface area contributed by atoms with Crippen LogP contribution in [-0.2, 0) is 4.74 Å². The minimum atomic E-state index is -0.651. The number of methoxy groups -OCH3 is 1. The van der Waals surface area contributed by atoms with Gasteiger partial charge in [-0.3, -0.25) is 0 Å². The van der Waals surface area contributed by atoms with E-state index in [1.165, 1.54) is 7.11 Å². The predicted molar refractivity (Wildman–Crippen MR) is 151 cm³/mol. The van der Waals surface area contributed by atoms with Crippen LogP contribution in [0.2, 0.25) is 5.02 Å². The lowest BCUT2D eigenvalue weighted by atomic mass is 9.79. The summed E-state index contributed by atoms with van der Waals surface area (Å²) in [6.45, 7) is 9.18. The molecule has 0 saturated carbocycles. The molecular formula is C28H35ClN6O5. The number of aliphatic hydroxyl groups excluding tert-OH is 1. The zero-order valence-electron chi connectivity index (χ0n) is 23.5. The SMILES string of the molecule is CNC[C@H](O)COc1ccc(Cl)c(-c2nc(-c3c(C)noc3C)c(C)c(N3CC4(CCN(C(=O)OC)C4)C3)n2)c1. The van der Waals surface area contributed by atoms with E-state index in [0.717, 1.165) is 47.8 Å². The van der Waals surface area contributed by atoms with Crippen LogP contribution in [0, 0.1) is 26.2 Å². The second-order valence-corrected chi connectivity index (χ2v) is 11.1. The van der Waals surface area contributed by atoms with Gasteiger partial charge in [-0.2, -0.15) is 0 Å². The highest BCUT2D eigenvalue weighted by molar-refractivity contribution is 6.33. The number of ether oxygens (including phenoxy) is 2. The van der Waals surface area contributed by atoms with Crippen LogP contribution >= 0.6 is 11.6 Å². The Kier molecular flexibility index (Phi) is 7.89. The Bertz CT molecular complexity index is 1390. The zero-order chi connectivity index (χ0) is 28.6. The molecule has 5 rings (SSSR count). The number of nitrogens with zero attached hydrogens (tertiary/aromatic N) is 5. The number of rotatable bonds is 8. The molecule has 2 aliphatic rings. The van der Waals surface area contributed by atoms with Gasteiger partial charge in [0.1, 0.15) is 30.0 Å². The third-order valence-corrected chi connectivity index (χ3v) is 8.00. The van der Waals surface area contributed by atoms with E-state index in [0.29, 0.717) is 47.6 Å². The Morgan fingerprint density at radius 3 is 2.70 bits per heavy atom. The van der Waals surface area contributed by atoms with Crippen LogP contribution in [0.25, 0.3) is 22.6 Å². The Morgan fingerprint density at radius 1 is 1.25 bits per heavy atom. The lowest BCUT2D eigenvalue weighted by molar-refractivity contribution is 0.108. The fourth-order valence-electron chi connectivity index (χ4n) is 5.64. The first-order chi connectivity index (χ1) is 19.1. The number of hydrogen-bond acceptors (Lipinski definition) is 10. The molecule has 2 N–H and O–H groups in total. The minimum absolute atomic E-state index is 0.00845. The van der Waals surface area contributed by atoms with Crippen molar-refractivity contribution in [1.29, 1.82) is 0 Å². The number of hydrogen-bond donors (Lipinski definition) is 2.